The summed E-state index contributed by atoms with van der Waals surface area (Å²) in [5, 5.41) is 13.1. The van der Waals surface area contributed by atoms with Crippen molar-refractivity contribution in [3.05, 3.63) is 18.0 Å². The standard InChI is InChI=1S/C10H16N2O/c13-7-5-10-4-6-11-12(10)8-9-2-1-3-9/h4,6,9,13H,1-3,5,7-8H2. The van der Waals surface area contributed by atoms with Gasteiger partial charge in [-0.05, 0) is 24.8 Å². The van der Waals surface area contributed by atoms with Crippen molar-refractivity contribution in [1.82, 2.24) is 9.78 Å². The summed E-state index contributed by atoms with van der Waals surface area (Å²) in [6, 6.07) is 1.99. The SMILES string of the molecule is OCCc1ccnn1CC1CCC1. The molecule has 1 aliphatic carbocycles. The van der Waals surface area contributed by atoms with Crippen LogP contribution in [0.5, 0.6) is 0 Å². The second-order valence-corrected chi connectivity index (χ2v) is 3.78. The lowest BCUT2D eigenvalue weighted by Gasteiger charge is -2.25. The number of hydrogen-bond donors (Lipinski definition) is 1. The molecule has 1 saturated carbocycles. The van der Waals surface area contributed by atoms with Gasteiger partial charge in [-0.15, -0.1) is 0 Å². The minimum absolute atomic E-state index is 0.219. The first-order valence-corrected chi connectivity index (χ1v) is 5.01. The van der Waals surface area contributed by atoms with E-state index >= 15 is 0 Å². The highest BCUT2D eigenvalue weighted by Gasteiger charge is 2.18. The first kappa shape index (κ1) is 8.75. The van der Waals surface area contributed by atoms with Gasteiger partial charge in [-0.25, -0.2) is 0 Å². The molecule has 1 fully saturated rings. The second-order valence-electron chi connectivity index (χ2n) is 3.78. The zero-order valence-electron chi connectivity index (χ0n) is 7.82. The quantitative estimate of drug-likeness (QED) is 0.756. The third-order valence-electron chi connectivity index (χ3n) is 2.83. The third kappa shape index (κ3) is 1.91. The molecule has 2 rings (SSSR count). The smallest absolute Gasteiger partial charge is 0.0492 e. The Hall–Kier alpha value is -0.830. The molecule has 0 radical (unpaired) electrons. The number of aromatic nitrogens is 2. The van der Waals surface area contributed by atoms with Crippen LogP contribution >= 0.6 is 0 Å². The zero-order valence-corrected chi connectivity index (χ0v) is 7.82. The van der Waals surface area contributed by atoms with Crippen molar-refractivity contribution >= 4 is 0 Å². The maximum atomic E-state index is 8.83. The highest BCUT2D eigenvalue weighted by atomic mass is 16.3. The van der Waals surface area contributed by atoms with Crippen molar-refractivity contribution < 1.29 is 5.11 Å². The largest absolute Gasteiger partial charge is 0.396 e. The predicted molar refractivity (Wildman–Crippen MR) is 50.4 cm³/mol. The number of hydrogen-bond acceptors (Lipinski definition) is 2. The van der Waals surface area contributed by atoms with Crippen LogP contribution in [0, 0.1) is 5.92 Å². The molecule has 0 saturated heterocycles. The molecule has 13 heavy (non-hydrogen) atoms. The van der Waals surface area contributed by atoms with E-state index < -0.39 is 0 Å². The molecule has 1 aliphatic rings. The van der Waals surface area contributed by atoms with Gasteiger partial charge in [0.15, 0.2) is 0 Å². The van der Waals surface area contributed by atoms with Crippen molar-refractivity contribution in [1.29, 1.82) is 0 Å². The molecular weight excluding hydrogens is 164 g/mol. The lowest BCUT2D eigenvalue weighted by Crippen LogP contribution is -2.20. The fourth-order valence-corrected chi connectivity index (χ4v) is 1.77. The Kier molecular flexibility index (Phi) is 2.64. The van der Waals surface area contributed by atoms with Crippen molar-refractivity contribution in [3.63, 3.8) is 0 Å². The molecule has 0 aromatic carbocycles. The lowest BCUT2D eigenvalue weighted by molar-refractivity contribution is 0.256. The van der Waals surface area contributed by atoms with Gasteiger partial charge in [0.25, 0.3) is 0 Å². The van der Waals surface area contributed by atoms with Crippen LogP contribution in [0.2, 0.25) is 0 Å². The molecule has 0 amide bonds. The summed E-state index contributed by atoms with van der Waals surface area (Å²) in [5.41, 5.74) is 1.16. The number of aliphatic hydroxyl groups excluding tert-OH is 1. The molecule has 0 bridgehead atoms. The van der Waals surface area contributed by atoms with Crippen molar-refractivity contribution in [2.24, 2.45) is 5.92 Å². The molecule has 1 aromatic rings. The third-order valence-corrected chi connectivity index (χ3v) is 2.83. The fraction of sp³-hybridized carbons (Fsp3) is 0.700. The monoisotopic (exact) mass is 180 g/mol. The van der Waals surface area contributed by atoms with Gasteiger partial charge in [0.1, 0.15) is 0 Å². The van der Waals surface area contributed by atoms with Gasteiger partial charge in [-0.1, -0.05) is 6.42 Å². The predicted octanol–water partition coefficient (Wildman–Crippen LogP) is 1.22. The van der Waals surface area contributed by atoms with E-state index in [1.807, 2.05) is 16.9 Å². The zero-order chi connectivity index (χ0) is 9.10. The minimum atomic E-state index is 0.219. The molecule has 0 spiro atoms. The highest BCUT2D eigenvalue weighted by molar-refractivity contribution is 5.00. The van der Waals surface area contributed by atoms with E-state index in [2.05, 4.69) is 5.10 Å². The molecule has 1 N–H and O–H groups in total. The molecule has 1 heterocycles. The lowest BCUT2D eigenvalue weighted by atomic mass is 9.85. The van der Waals surface area contributed by atoms with Gasteiger partial charge in [-0.3, -0.25) is 4.68 Å². The van der Waals surface area contributed by atoms with E-state index in [0.717, 1.165) is 24.6 Å². The second kappa shape index (κ2) is 3.92. The fourth-order valence-electron chi connectivity index (χ4n) is 1.77. The average Bonchev–Trinajstić information content (AvgIpc) is 2.46. The van der Waals surface area contributed by atoms with E-state index in [4.69, 9.17) is 5.11 Å². The van der Waals surface area contributed by atoms with Crippen molar-refractivity contribution in [3.8, 4) is 0 Å². The summed E-state index contributed by atoms with van der Waals surface area (Å²) in [6.45, 7) is 1.26. The van der Waals surface area contributed by atoms with Crippen molar-refractivity contribution in [2.45, 2.75) is 32.2 Å². The Labute approximate surface area is 78.4 Å². The van der Waals surface area contributed by atoms with Gasteiger partial charge in [-0.2, -0.15) is 5.10 Å². The van der Waals surface area contributed by atoms with E-state index in [1.165, 1.54) is 19.3 Å². The number of aliphatic hydroxyl groups is 1. The number of rotatable bonds is 4. The summed E-state index contributed by atoms with van der Waals surface area (Å²) >= 11 is 0. The van der Waals surface area contributed by atoms with E-state index in [9.17, 15) is 0 Å². The highest BCUT2D eigenvalue weighted by Crippen LogP contribution is 2.27. The topological polar surface area (TPSA) is 38.1 Å². The van der Waals surface area contributed by atoms with Crippen molar-refractivity contribution in [2.75, 3.05) is 6.61 Å². The molecule has 1 aromatic heterocycles. The minimum Gasteiger partial charge on any atom is -0.396 e. The van der Waals surface area contributed by atoms with Crippen LogP contribution in [0.3, 0.4) is 0 Å². The molecule has 3 heteroatoms. The number of nitrogens with zero attached hydrogens (tertiary/aromatic N) is 2. The van der Waals surface area contributed by atoms with Crippen LogP contribution in [-0.2, 0) is 13.0 Å². The Bertz CT molecular complexity index is 266. The van der Waals surface area contributed by atoms with Crippen LogP contribution in [0.4, 0.5) is 0 Å². The Morgan fingerprint density at radius 2 is 2.38 bits per heavy atom. The normalized spacial score (nSPS) is 17.3. The van der Waals surface area contributed by atoms with E-state index in [1.54, 1.807) is 0 Å². The van der Waals surface area contributed by atoms with Crippen LogP contribution in [-0.4, -0.2) is 21.5 Å². The summed E-state index contributed by atoms with van der Waals surface area (Å²) in [6.07, 6.45) is 6.62. The van der Waals surface area contributed by atoms with Gasteiger partial charge in [0.05, 0.1) is 0 Å². The molecule has 72 valence electrons. The average molecular weight is 180 g/mol. The summed E-state index contributed by atoms with van der Waals surface area (Å²) in [7, 11) is 0. The van der Waals surface area contributed by atoms with E-state index in [-0.39, 0.29) is 6.61 Å². The Balaban J connectivity index is 1.96. The first-order valence-electron chi connectivity index (χ1n) is 5.01. The van der Waals surface area contributed by atoms with Crippen LogP contribution < -0.4 is 0 Å². The van der Waals surface area contributed by atoms with Crippen LogP contribution in [0.25, 0.3) is 0 Å². The van der Waals surface area contributed by atoms with Gasteiger partial charge < -0.3 is 5.11 Å². The summed E-state index contributed by atoms with van der Waals surface area (Å²) in [4.78, 5) is 0. The molecular formula is C10H16N2O. The van der Waals surface area contributed by atoms with Gasteiger partial charge >= 0.3 is 0 Å². The maximum absolute atomic E-state index is 8.83. The van der Waals surface area contributed by atoms with Gasteiger partial charge in [0.2, 0.25) is 0 Å². The Morgan fingerprint density at radius 1 is 1.54 bits per heavy atom. The Morgan fingerprint density at radius 3 is 3.00 bits per heavy atom. The molecule has 0 unspecified atom stereocenters. The molecule has 0 aliphatic heterocycles. The van der Waals surface area contributed by atoms with E-state index in [0.29, 0.717) is 0 Å². The summed E-state index contributed by atoms with van der Waals surface area (Å²) < 4.78 is 2.04. The van der Waals surface area contributed by atoms with Crippen LogP contribution in [0.1, 0.15) is 25.0 Å². The van der Waals surface area contributed by atoms with Gasteiger partial charge in [0, 0.05) is 31.5 Å². The summed E-state index contributed by atoms with van der Waals surface area (Å²) in [5.74, 6) is 0.831. The molecule has 3 nitrogen and oxygen atoms in total. The molecule has 0 atom stereocenters. The van der Waals surface area contributed by atoms with Crippen LogP contribution in [0.15, 0.2) is 12.3 Å². The maximum Gasteiger partial charge on any atom is 0.0492 e. The first-order chi connectivity index (χ1) is 6.40.